The predicted molar refractivity (Wildman–Crippen MR) is 126 cm³/mol. The number of anilines is 1. The first kappa shape index (κ1) is 23.6. The van der Waals surface area contributed by atoms with Gasteiger partial charge in [-0.15, -0.1) is 0 Å². The average molecular weight is 495 g/mol. The number of phenolic OH excluding ortho intramolecular Hbond substituents is 1. The highest BCUT2D eigenvalue weighted by Gasteiger charge is 2.64. The minimum atomic E-state index is -2.69. The number of hydrogen-bond acceptors (Lipinski definition) is 10. The number of aliphatic hydroxyl groups is 3. The van der Waals surface area contributed by atoms with Crippen molar-refractivity contribution in [1.29, 1.82) is 0 Å². The molecule has 36 heavy (non-hydrogen) atoms. The molecule has 1 aromatic heterocycles. The van der Waals surface area contributed by atoms with Crippen LogP contribution in [0.1, 0.15) is 17.5 Å². The highest BCUT2D eigenvalue weighted by Crippen LogP contribution is 2.54. The number of aliphatic hydroxyl groups excluding tert-OH is 2. The van der Waals surface area contributed by atoms with Gasteiger partial charge in [-0.05, 0) is 56.1 Å². The molecular formula is C25H25N3O8. The van der Waals surface area contributed by atoms with Crippen molar-refractivity contribution in [2.24, 2.45) is 17.6 Å². The third-order valence-corrected chi connectivity index (χ3v) is 7.58. The molecule has 1 saturated carbocycles. The first-order chi connectivity index (χ1) is 16.9. The van der Waals surface area contributed by atoms with Crippen LogP contribution >= 0.6 is 0 Å². The van der Waals surface area contributed by atoms with E-state index < -0.39 is 63.8 Å². The van der Waals surface area contributed by atoms with Crippen LogP contribution in [0.3, 0.4) is 0 Å². The molecule has 4 unspecified atom stereocenters. The lowest BCUT2D eigenvalue weighted by Gasteiger charge is -2.50. The highest BCUT2D eigenvalue weighted by atomic mass is 16.3. The number of nitrogens with zero attached hydrogens (tertiary/aromatic N) is 1. The zero-order valence-corrected chi connectivity index (χ0v) is 19.5. The lowest BCUT2D eigenvalue weighted by Crippen LogP contribution is -2.65. The standard InChI is InChI=1S/C25H25N3O8/c1-28(2)18-13-6-10-5-12-11(9-3-4-36-8-9)7-14(26)19(29)16(12)20(30)15(10)22(32)25(13,35)23(33)17(21(18)31)24(27)34/h3-4,7-8,10,13,18,29-30,33,35H,5-6,26H2,1-2H3,(H2,27,34). The Hall–Kier alpha value is -4.09. The molecule has 5 rings (SSSR count). The fourth-order valence-electron chi connectivity index (χ4n) is 6.01. The second kappa shape index (κ2) is 7.70. The Bertz CT molecular complexity index is 1400. The minimum absolute atomic E-state index is 0.00171. The molecule has 1 heterocycles. The molecule has 0 saturated heterocycles. The van der Waals surface area contributed by atoms with Crippen molar-refractivity contribution in [3.8, 4) is 16.9 Å². The first-order valence-corrected chi connectivity index (χ1v) is 11.2. The van der Waals surface area contributed by atoms with E-state index in [0.717, 1.165) is 0 Å². The van der Waals surface area contributed by atoms with E-state index >= 15 is 0 Å². The highest BCUT2D eigenvalue weighted by molar-refractivity contribution is 6.24. The maximum Gasteiger partial charge on any atom is 0.255 e. The number of amides is 1. The van der Waals surface area contributed by atoms with Gasteiger partial charge in [-0.25, -0.2) is 0 Å². The van der Waals surface area contributed by atoms with E-state index in [0.29, 0.717) is 16.7 Å². The van der Waals surface area contributed by atoms with E-state index in [1.54, 1.807) is 26.2 Å². The van der Waals surface area contributed by atoms with Gasteiger partial charge in [0.05, 0.1) is 29.8 Å². The van der Waals surface area contributed by atoms with Crippen LogP contribution in [0.2, 0.25) is 0 Å². The second-order valence-corrected chi connectivity index (χ2v) is 9.69. The van der Waals surface area contributed by atoms with Gasteiger partial charge in [0.2, 0.25) is 5.78 Å². The Morgan fingerprint density at radius 2 is 1.92 bits per heavy atom. The number of furan rings is 1. The number of fused-ring (bicyclic) bond motifs is 3. The number of nitrogens with two attached hydrogens (primary N) is 2. The van der Waals surface area contributed by atoms with Crippen molar-refractivity contribution in [2.75, 3.05) is 19.8 Å². The summed E-state index contributed by atoms with van der Waals surface area (Å²) in [6, 6.07) is 2.08. The molecule has 0 spiro atoms. The molecule has 0 bridgehead atoms. The number of nitrogen functional groups attached to an aromatic ring is 1. The number of Topliss-reactive ketones (excluding diaryl/α,β-unsaturated/α-hetero) is 2. The van der Waals surface area contributed by atoms with Gasteiger partial charge in [-0.2, -0.15) is 0 Å². The predicted octanol–water partition coefficient (Wildman–Crippen LogP) is 0.806. The van der Waals surface area contributed by atoms with Gasteiger partial charge < -0.3 is 36.3 Å². The van der Waals surface area contributed by atoms with Crippen LogP contribution in [0, 0.1) is 11.8 Å². The Balaban J connectivity index is 1.77. The summed E-state index contributed by atoms with van der Waals surface area (Å²) in [4.78, 5) is 40.5. The van der Waals surface area contributed by atoms with Crippen LogP contribution < -0.4 is 11.5 Å². The molecule has 0 radical (unpaired) electrons. The first-order valence-electron chi connectivity index (χ1n) is 11.2. The third-order valence-electron chi connectivity index (χ3n) is 7.58. The molecule has 11 nitrogen and oxygen atoms in total. The molecule has 1 amide bonds. The molecular weight excluding hydrogens is 470 g/mol. The topological polar surface area (TPSA) is 201 Å². The molecule has 188 valence electrons. The summed E-state index contributed by atoms with van der Waals surface area (Å²) in [5.74, 6) is -7.15. The number of rotatable bonds is 3. The fourth-order valence-corrected chi connectivity index (χ4v) is 6.01. The smallest absolute Gasteiger partial charge is 0.255 e. The number of carbonyl (C=O) groups excluding carboxylic acids is 3. The van der Waals surface area contributed by atoms with Gasteiger partial charge in [-0.1, -0.05) is 0 Å². The summed E-state index contributed by atoms with van der Waals surface area (Å²) in [5, 5.41) is 44.5. The van der Waals surface area contributed by atoms with Crippen molar-refractivity contribution in [1.82, 2.24) is 4.90 Å². The van der Waals surface area contributed by atoms with E-state index in [4.69, 9.17) is 15.9 Å². The second-order valence-electron chi connectivity index (χ2n) is 9.69. The van der Waals surface area contributed by atoms with Crippen LogP contribution in [-0.4, -0.2) is 68.5 Å². The largest absolute Gasteiger partial charge is 0.508 e. The average Bonchev–Trinajstić information content (AvgIpc) is 3.33. The summed E-state index contributed by atoms with van der Waals surface area (Å²) in [5.41, 5.74) is 9.15. The molecule has 11 heteroatoms. The summed E-state index contributed by atoms with van der Waals surface area (Å²) >= 11 is 0. The molecule has 3 aliphatic rings. The van der Waals surface area contributed by atoms with Crippen molar-refractivity contribution in [3.05, 3.63) is 52.7 Å². The zero-order chi connectivity index (χ0) is 26.3. The van der Waals surface area contributed by atoms with E-state index in [1.807, 2.05) is 0 Å². The van der Waals surface area contributed by atoms with Gasteiger partial charge in [0.1, 0.15) is 22.8 Å². The monoisotopic (exact) mass is 495 g/mol. The molecule has 8 N–H and O–H groups in total. The van der Waals surface area contributed by atoms with Crippen molar-refractivity contribution in [2.45, 2.75) is 24.5 Å². The molecule has 2 aromatic rings. The SMILES string of the molecule is CN(C)C1C(=O)C(C(N)=O)=C(O)C2(O)C(=O)C3=C(O)c4c(O)c(N)cc(-c5ccoc5)c4CC3CC12. The number of phenols is 1. The lowest BCUT2D eigenvalue weighted by molar-refractivity contribution is -0.153. The number of ketones is 2. The molecule has 3 aliphatic carbocycles. The van der Waals surface area contributed by atoms with E-state index in [9.17, 15) is 34.8 Å². The van der Waals surface area contributed by atoms with Crippen LogP contribution in [0.5, 0.6) is 5.75 Å². The Morgan fingerprint density at radius 1 is 1.22 bits per heavy atom. The number of benzene rings is 1. The van der Waals surface area contributed by atoms with Gasteiger partial charge in [0, 0.05) is 17.1 Å². The summed E-state index contributed by atoms with van der Waals surface area (Å²) in [6.45, 7) is 0. The van der Waals surface area contributed by atoms with Crippen molar-refractivity contribution < 1.29 is 39.2 Å². The Kier molecular flexibility index (Phi) is 5.06. The van der Waals surface area contributed by atoms with Crippen LogP contribution in [0.4, 0.5) is 5.69 Å². The van der Waals surface area contributed by atoms with Gasteiger partial charge >= 0.3 is 0 Å². The van der Waals surface area contributed by atoms with E-state index in [-0.39, 0.29) is 29.7 Å². The number of primary amides is 1. The van der Waals surface area contributed by atoms with E-state index in [2.05, 4.69) is 0 Å². The molecule has 1 fully saturated rings. The zero-order valence-electron chi connectivity index (χ0n) is 19.5. The number of likely N-dealkylation sites (N-methyl/N-ethyl adjacent to an activating group) is 1. The Labute approximate surface area is 204 Å². The van der Waals surface area contributed by atoms with Crippen LogP contribution in [-0.2, 0) is 20.8 Å². The third kappa shape index (κ3) is 2.90. The maximum atomic E-state index is 13.8. The van der Waals surface area contributed by atoms with Crippen molar-refractivity contribution in [3.63, 3.8) is 0 Å². The van der Waals surface area contributed by atoms with E-state index in [1.165, 1.54) is 17.4 Å². The molecule has 0 aliphatic heterocycles. The van der Waals surface area contributed by atoms with Gasteiger partial charge in [-0.3, -0.25) is 19.3 Å². The summed E-state index contributed by atoms with van der Waals surface area (Å²) in [7, 11) is 3.09. The van der Waals surface area contributed by atoms with Crippen molar-refractivity contribution >= 4 is 28.9 Å². The quantitative estimate of drug-likeness (QED) is 0.201. The number of aromatic hydroxyl groups is 1. The maximum absolute atomic E-state index is 13.8. The Morgan fingerprint density at radius 3 is 2.50 bits per heavy atom. The molecule has 4 atom stereocenters. The van der Waals surface area contributed by atoms with Crippen LogP contribution in [0.15, 0.2) is 46.0 Å². The van der Waals surface area contributed by atoms with Gasteiger partial charge in [0.15, 0.2) is 11.4 Å². The van der Waals surface area contributed by atoms with Crippen LogP contribution in [0.25, 0.3) is 16.9 Å². The fraction of sp³-hybridized carbons (Fsp3) is 0.320. The summed E-state index contributed by atoms with van der Waals surface area (Å²) < 4.78 is 5.18. The normalized spacial score (nSPS) is 27.7. The minimum Gasteiger partial charge on any atom is -0.508 e. The number of hydrogen-bond donors (Lipinski definition) is 6. The number of carbonyl (C=O) groups is 3. The summed E-state index contributed by atoms with van der Waals surface area (Å²) in [6.07, 6.45) is 3.09. The molecule has 1 aromatic carbocycles. The lowest BCUT2D eigenvalue weighted by atomic mass is 9.57. The van der Waals surface area contributed by atoms with Gasteiger partial charge in [0.25, 0.3) is 5.91 Å².